The van der Waals surface area contributed by atoms with Gasteiger partial charge in [0.2, 0.25) is 0 Å². The summed E-state index contributed by atoms with van der Waals surface area (Å²) in [4.78, 5) is 14.8. The van der Waals surface area contributed by atoms with Gasteiger partial charge in [-0.25, -0.2) is 0 Å². The molecule has 4 heteroatoms. The number of carbonyl (C=O) groups is 1. The molecule has 0 atom stereocenters. The second kappa shape index (κ2) is 6.48. The number of rotatable bonds is 6. The SMILES string of the molecule is CCC1(CC)Oc2ccc(C)cc2N(CCCOC)C1=O. The first-order chi connectivity index (χ1) is 10.1. The lowest BCUT2D eigenvalue weighted by molar-refractivity contribution is -0.136. The predicted molar refractivity (Wildman–Crippen MR) is 84.0 cm³/mol. The highest BCUT2D eigenvalue weighted by atomic mass is 16.5. The van der Waals surface area contributed by atoms with Gasteiger partial charge in [0.1, 0.15) is 5.75 Å². The number of carbonyl (C=O) groups excluding carboxylic acids is 1. The first-order valence-corrected chi connectivity index (χ1v) is 7.68. The summed E-state index contributed by atoms with van der Waals surface area (Å²) in [5.74, 6) is 0.878. The van der Waals surface area contributed by atoms with Crippen LogP contribution < -0.4 is 9.64 Å². The van der Waals surface area contributed by atoms with Crippen molar-refractivity contribution < 1.29 is 14.3 Å². The maximum Gasteiger partial charge on any atom is 0.271 e. The van der Waals surface area contributed by atoms with Crippen molar-refractivity contribution in [1.29, 1.82) is 0 Å². The van der Waals surface area contributed by atoms with Crippen LogP contribution >= 0.6 is 0 Å². The number of ether oxygens (including phenoxy) is 2. The lowest BCUT2D eigenvalue weighted by Gasteiger charge is -2.42. The van der Waals surface area contributed by atoms with Crippen LogP contribution in [0.1, 0.15) is 38.7 Å². The standard InChI is InChI=1S/C17H25NO3/c1-5-17(6-2)16(19)18(10-7-11-20-4)14-12-13(3)8-9-15(14)21-17/h8-9,12H,5-7,10-11H2,1-4H3. The minimum atomic E-state index is -0.727. The van der Waals surface area contributed by atoms with E-state index >= 15 is 0 Å². The van der Waals surface area contributed by atoms with Gasteiger partial charge >= 0.3 is 0 Å². The zero-order valence-corrected chi connectivity index (χ0v) is 13.4. The van der Waals surface area contributed by atoms with E-state index in [0.29, 0.717) is 26.0 Å². The largest absolute Gasteiger partial charge is 0.475 e. The molecule has 1 heterocycles. The molecule has 1 aromatic rings. The topological polar surface area (TPSA) is 38.8 Å². The molecule has 1 aliphatic heterocycles. The van der Waals surface area contributed by atoms with Gasteiger partial charge in [-0.1, -0.05) is 19.9 Å². The van der Waals surface area contributed by atoms with Crippen molar-refractivity contribution in [2.45, 2.75) is 45.6 Å². The van der Waals surface area contributed by atoms with Crippen LogP contribution in [-0.2, 0) is 9.53 Å². The summed E-state index contributed by atoms with van der Waals surface area (Å²) in [5.41, 5.74) is 1.28. The number of fused-ring (bicyclic) bond motifs is 1. The Kier molecular flexibility index (Phi) is 4.88. The van der Waals surface area contributed by atoms with E-state index in [2.05, 4.69) is 0 Å². The lowest BCUT2D eigenvalue weighted by atomic mass is 9.92. The van der Waals surface area contributed by atoms with Crippen LogP contribution in [0, 0.1) is 6.92 Å². The summed E-state index contributed by atoms with van der Waals surface area (Å²) in [6.07, 6.45) is 2.17. The molecule has 116 valence electrons. The van der Waals surface area contributed by atoms with Crippen molar-refractivity contribution in [3.63, 3.8) is 0 Å². The Morgan fingerprint density at radius 1 is 1.29 bits per heavy atom. The molecule has 0 aliphatic carbocycles. The van der Waals surface area contributed by atoms with Gasteiger partial charge < -0.3 is 14.4 Å². The normalized spacial score (nSPS) is 16.6. The second-order valence-electron chi connectivity index (χ2n) is 5.58. The van der Waals surface area contributed by atoms with E-state index in [4.69, 9.17) is 9.47 Å². The minimum absolute atomic E-state index is 0.0710. The van der Waals surface area contributed by atoms with Crippen LogP contribution in [0.3, 0.4) is 0 Å². The van der Waals surface area contributed by atoms with Crippen LogP contribution in [0.2, 0.25) is 0 Å². The monoisotopic (exact) mass is 291 g/mol. The molecule has 2 rings (SSSR count). The molecule has 0 radical (unpaired) electrons. The Morgan fingerprint density at radius 2 is 2.00 bits per heavy atom. The molecule has 0 spiro atoms. The van der Waals surface area contributed by atoms with E-state index in [9.17, 15) is 4.79 Å². The highest BCUT2D eigenvalue weighted by molar-refractivity contribution is 6.02. The highest BCUT2D eigenvalue weighted by Gasteiger charge is 2.45. The van der Waals surface area contributed by atoms with E-state index in [0.717, 1.165) is 23.4 Å². The van der Waals surface area contributed by atoms with Crippen molar-refractivity contribution >= 4 is 11.6 Å². The molecule has 0 saturated heterocycles. The summed E-state index contributed by atoms with van der Waals surface area (Å²) >= 11 is 0. The molecule has 0 aromatic heterocycles. The van der Waals surface area contributed by atoms with Crippen molar-refractivity contribution in [2.75, 3.05) is 25.2 Å². The fourth-order valence-electron chi connectivity index (χ4n) is 2.82. The van der Waals surface area contributed by atoms with Gasteiger partial charge in [0, 0.05) is 20.3 Å². The number of amides is 1. The zero-order valence-electron chi connectivity index (χ0n) is 13.4. The van der Waals surface area contributed by atoms with Crippen molar-refractivity contribution in [2.24, 2.45) is 0 Å². The second-order valence-corrected chi connectivity index (χ2v) is 5.58. The number of anilines is 1. The van der Waals surface area contributed by atoms with Gasteiger partial charge in [-0.05, 0) is 43.9 Å². The molecule has 0 fully saturated rings. The summed E-state index contributed by atoms with van der Waals surface area (Å²) in [6, 6.07) is 6.02. The number of nitrogens with zero attached hydrogens (tertiary/aromatic N) is 1. The molecule has 0 unspecified atom stereocenters. The van der Waals surface area contributed by atoms with Gasteiger partial charge in [-0.15, -0.1) is 0 Å². The van der Waals surface area contributed by atoms with E-state index < -0.39 is 5.60 Å². The Bertz CT molecular complexity index is 509. The van der Waals surface area contributed by atoms with Gasteiger partial charge in [0.15, 0.2) is 5.60 Å². The van der Waals surface area contributed by atoms with Crippen LogP contribution in [0.4, 0.5) is 5.69 Å². The Hall–Kier alpha value is -1.55. The molecule has 0 bridgehead atoms. The first kappa shape index (κ1) is 15.8. The molecule has 1 aliphatic rings. The molecule has 1 amide bonds. The Morgan fingerprint density at radius 3 is 2.62 bits per heavy atom. The van der Waals surface area contributed by atoms with Crippen LogP contribution in [0.15, 0.2) is 18.2 Å². The number of benzene rings is 1. The zero-order chi connectivity index (χ0) is 15.5. The Labute approximate surface area is 127 Å². The van der Waals surface area contributed by atoms with Crippen LogP contribution in [0.5, 0.6) is 5.75 Å². The summed E-state index contributed by atoms with van der Waals surface area (Å²) in [5, 5.41) is 0. The van der Waals surface area contributed by atoms with Gasteiger partial charge in [-0.3, -0.25) is 4.79 Å². The molecule has 0 N–H and O–H groups in total. The first-order valence-electron chi connectivity index (χ1n) is 7.68. The third kappa shape index (κ3) is 2.91. The van der Waals surface area contributed by atoms with Crippen LogP contribution in [0.25, 0.3) is 0 Å². The number of aryl methyl sites for hydroxylation is 1. The molecule has 0 saturated carbocycles. The Balaban J connectivity index is 2.39. The maximum absolute atomic E-state index is 12.9. The smallest absolute Gasteiger partial charge is 0.271 e. The average molecular weight is 291 g/mol. The average Bonchev–Trinajstić information content (AvgIpc) is 2.50. The molecular weight excluding hydrogens is 266 g/mol. The number of hydrogen-bond donors (Lipinski definition) is 0. The van der Waals surface area contributed by atoms with E-state index in [-0.39, 0.29) is 5.91 Å². The fraction of sp³-hybridized carbons (Fsp3) is 0.588. The minimum Gasteiger partial charge on any atom is -0.475 e. The molecule has 4 nitrogen and oxygen atoms in total. The van der Waals surface area contributed by atoms with Crippen LogP contribution in [-0.4, -0.2) is 31.8 Å². The summed E-state index contributed by atoms with van der Waals surface area (Å²) in [6.45, 7) is 7.35. The van der Waals surface area contributed by atoms with Gasteiger partial charge in [-0.2, -0.15) is 0 Å². The van der Waals surface area contributed by atoms with E-state index in [1.807, 2.05) is 43.9 Å². The molecule has 21 heavy (non-hydrogen) atoms. The highest BCUT2D eigenvalue weighted by Crippen LogP contribution is 2.41. The van der Waals surface area contributed by atoms with Crippen molar-refractivity contribution in [1.82, 2.24) is 0 Å². The van der Waals surface area contributed by atoms with E-state index in [1.54, 1.807) is 7.11 Å². The quantitative estimate of drug-likeness (QED) is 0.755. The van der Waals surface area contributed by atoms with Gasteiger partial charge in [0.25, 0.3) is 5.91 Å². The number of hydrogen-bond acceptors (Lipinski definition) is 3. The maximum atomic E-state index is 12.9. The number of methoxy groups -OCH3 is 1. The predicted octanol–water partition coefficient (Wildman–Crippen LogP) is 3.32. The van der Waals surface area contributed by atoms with Gasteiger partial charge in [0.05, 0.1) is 5.69 Å². The third-order valence-electron chi connectivity index (χ3n) is 4.22. The third-order valence-corrected chi connectivity index (χ3v) is 4.22. The van der Waals surface area contributed by atoms with E-state index in [1.165, 1.54) is 0 Å². The summed E-state index contributed by atoms with van der Waals surface area (Å²) in [7, 11) is 1.68. The molecule has 1 aromatic carbocycles. The lowest BCUT2D eigenvalue weighted by Crippen LogP contribution is -2.56. The van der Waals surface area contributed by atoms with Crippen molar-refractivity contribution in [3.05, 3.63) is 23.8 Å². The summed E-state index contributed by atoms with van der Waals surface area (Å²) < 4.78 is 11.2. The van der Waals surface area contributed by atoms with Crippen molar-refractivity contribution in [3.8, 4) is 5.75 Å². The fourth-order valence-corrected chi connectivity index (χ4v) is 2.82. The molecular formula is C17H25NO3.